The fraction of sp³-hybridized carbons (Fsp3) is 0.650. The predicted octanol–water partition coefficient (Wildman–Crippen LogP) is 4.00. The average Bonchev–Trinajstić information content (AvgIpc) is 2.92. The molecule has 5 nitrogen and oxygen atoms in total. The molecule has 1 aliphatic carbocycles. The van der Waals surface area contributed by atoms with Crippen molar-refractivity contribution in [3.8, 4) is 0 Å². The van der Waals surface area contributed by atoms with Gasteiger partial charge in [-0.15, -0.1) is 0 Å². The van der Waals surface area contributed by atoms with Crippen molar-refractivity contribution in [1.29, 1.82) is 0 Å². The monoisotopic (exact) mass is 343 g/mol. The van der Waals surface area contributed by atoms with Crippen molar-refractivity contribution in [2.75, 3.05) is 0 Å². The van der Waals surface area contributed by atoms with Crippen molar-refractivity contribution < 1.29 is 9.53 Å². The summed E-state index contributed by atoms with van der Waals surface area (Å²) < 4.78 is 7.92. The van der Waals surface area contributed by atoms with Crippen LogP contribution in [0.25, 0.3) is 11.0 Å². The van der Waals surface area contributed by atoms with Crippen LogP contribution in [0.1, 0.15) is 52.8 Å². The summed E-state index contributed by atoms with van der Waals surface area (Å²) in [4.78, 5) is 21.4. The molecule has 1 saturated carbocycles. The van der Waals surface area contributed by atoms with Gasteiger partial charge in [0.2, 0.25) is 0 Å². The first-order valence-electron chi connectivity index (χ1n) is 9.48. The number of esters is 1. The van der Waals surface area contributed by atoms with Crippen molar-refractivity contribution in [2.45, 2.75) is 66.0 Å². The van der Waals surface area contributed by atoms with Gasteiger partial charge in [0.25, 0.3) is 0 Å². The van der Waals surface area contributed by atoms with Crippen LogP contribution >= 0.6 is 0 Å². The minimum atomic E-state index is -0.157. The number of imidazole rings is 1. The largest absolute Gasteiger partial charge is 0.461 e. The Labute approximate surface area is 149 Å². The Kier molecular flexibility index (Phi) is 5.40. The first kappa shape index (κ1) is 17.9. The number of carbonyl (C=O) groups excluding carboxylic acids is 1. The fourth-order valence-electron chi connectivity index (χ4n) is 4.06. The van der Waals surface area contributed by atoms with E-state index in [1.165, 1.54) is 6.42 Å². The van der Waals surface area contributed by atoms with E-state index in [4.69, 9.17) is 4.74 Å². The minimum absolute atomic E-state index is 0.0396. The summed E-state index contributed by atoms with van der Waals surface area (Å²) in [5.74, 6) is 2.37. The molecule has 5 heteroatoms. The highest BCUT2D eigenvalue weighted by atomic mass is 16.5. The minimum Gasteiger partial charge on any atom is -0.461 e. The molecule has 3 rings (SSSR count). The number of pyridine rings is 1. The normalized spacial score (nSPS) is 24.0. The van der Waals surface area contributed by atoms with Gasteiger partial charge in [-0.2, -0.15) is 0 Å². The summed E-state index contributed by atoms with van der Waals surface area (Å²) in [6.45, 7) is 8.98. The third kappa shape index (κ3) is 3.86. The van der Waals surface area contributed by atoms with Crippen LogP contribution in [-0.4, -0.2) is 26.6 Å². The van der Waals surface area contributed by atoms with Crippen LogP contribution in [0, 0.1) is 17.8 Å². The van der Waals surface area contributed by atoms with E-state index in [0.717, 1.165) is 36.1 Å². The summed E-state index contributed by atoms with van der Waals surface area (Å²) in [7, 11) is 0. The van der Waals surface area contributed by atoms with Gasteiger partial charge in [-0.1, -0.05) is 34.1 Å². The second-order valence-corrected chi connectivity index (χ2v) is 7.69. The van der Waals surface area contributed by atoms with Crippen molar-refractivity contribution in [2.24, 2.45) is 17.8 Å². The molecule has 2 heterocycles. The van der Waals surface area contributed by atoms with Crippen molar-refractivity contribution in [1.82, 2.24) is 14.5 Å². The molecule has 2 aromatic heterocycles. The molecule has 1 fully saturated rings. The molecular formula is C20H29N3O2. The van der Waals surface area contributed by atoms with Crippen LogP contribution in [0.4, 0.5) is 0 Å². The average molecular weight is 343 g/mol. The number of rotatable bonds is 5. The highest BCUT2D eigenvalue weighted by molar-refractivity contribution is 5.78. The van der Waals surface area contributed by atoms with E-state index < -0.39 is 0 Å². The number of ether oxygens (including phenoxy) is 1. The smallest absolute Gasteiger partial charge is 0.326 e. The van der Waals surface area contributed by atoms with Gasteiger partial charge < -0.3 is 9.30 Å². The molecule has 136 valence electrons. The van der Waals surface area contributed by atoms with E-state index in [1.807, 2.05) is 17.6 Å². The summed E-state index contributed by atoms with van der Waals surface area (Å²) in [6, 6.07) is 1.91. The molecule has 0 radical (unpaired) electrons. The zero-order valence-corrected chi connectivity index (χ0v) is 15.7. The predicted molar refractivity (Wildman–Crippen MR) is 98.1 cm³/mol. The molecule has 3 atom stereocenters. The maximum absolute atomic E-state index is 12.7. The number of hydrogen-bond acceptors (Lipinski definition) is 4. The van der Waals surface area contributed by atoms with Gasteiger partial charge in [0.15, 0.2) is 0 Å². The number of fused-ring (bicyclic) bond motifs is 1. The van der Waals surface area contributed by atoms with Crippen LogP contribution in [0.15, 0.2) is 18.5 Å². The lowest BCUT2D eigenvalue weighted by Gasteiger charge is -2.36. The number of aryl methyl sites for hydroxylation is 1. The molecular weight excluding hydrogens is 314 g/mol. The quantitative estimate of drug-likeness (QED) is 0.770. The highest BCUT2D eigenvalue weighted by Crippen LogP contribution is 2.35. The van der Waals surface area contributed by atoms with E-state index in [9.17, 15) is 4.79 Å². The van der Waals surface area contributed by atoms with E-state index in [0.29, 0.717) is 17.8 Å². The summed E-state index contributed by atoms with van der Waals surface area (Å²) >= 11 is 0. The van der Waals surface area contributed by atoms with Crippen LogP contribution in [0.2, 0.25) is 0 Å². The molecule has 0 bridgehead atoms. The zero-order chi connectivity index (χ0) is 18.0. The number of hydrogen-bond donors (Lipinski definition) is 0. The molecule has 2 aromatic rings. The molecule has 25 heavy (non-hydrogen) atoms. The van der Waals surface area contributed by atoms with E-state index in [2.05, 4.69) is 30.7 Å². The summed E-state index contributed by atoms with van der Waals surface area (Å²) in [6.07, 6.45) is 7.66. The maximum atomic E-state index is 12.7. The molecule has 1 aliphatic rings. The van der Waals surface area contributed by atoms with E-state index in [1.54, 1.807) is 12.4 Å². The van der Waals surface area contributed by atoms with Crippen molar-refractivity contribution in [3.05, 3.63) is 24.3 Å². The Hall–Kier alpha value is -1.91. The lowest BCUT2D eigenvalue weighted by molar-refractivity contribution is -0.156. The lowest BCUT2D eigenvalue weighted by Crippen LogP contribution is -2.36. The fourth-order valence-corrected chi connectivity index (χ4v) is 4.06. The Balaban J connectivity index is 1.76. The molecule has 0 N–H and O–H groups in total. The third-order valence-corrected chi connectivity index (χ3v) is 5.48. The molecule has 0 aromatic carbocycles. The van der Waals surface area contributed by atoms with Crippen LogP contribution < -0.4 is 0 Å². The number of nitrogens with zero attached hydrogens (tertiary/aromatic N) is 3. The molecule has 0 spiro atoms. The molecule has 0 saturated heterocycles. The summed E-state index contributed by atoms with van der Waals surface area (Å²) in [5, 5.41) is 0. The molecule has 0 amide bonds. The topological polar surface area (TPSA) is 57.0 Å². The first-order valence-corrected chi connectivity index (χ1v) is 9.48. The van der Waals surface area contributed by atoms with E-state index in [-0.39, 0.29) is 18.6 Å². The van der Waals surface area contributed by atoms with Gasteiger partial charge in [-0.25, -0.2) is 4.98 Å². The highest BCUT2D eigenvalue weighted by Gasteiger charge is 2.33. The maximum Gasteiger partial charge on any atom is 0.326 e. The van der Waals surface area contributed by atoms with Gasteiger partial charge in [0.1, 0.15) is 24.0 Å². The van der Waals surface area contributed by atoms with Crippen molar-refractivity contribution in [3.63, 3.8) is 0 Å². The van der Waals surface area contributed by atoms with Crippen LogP contribution in [-0.2, 0) is 22.5 Å². The Bertz CT molecular complexity index is 738. The van der Waals surface area contributed by atoms with Gasteiger partial charge >= 0.3 is 5.97 Å². The van der Waals surface area contributed by atoms with E-state index >= 15 is 0 Å². The van der Waals surface area contributed by atoms with Gasteiger partial charge in [-0.3, -0.25) is 9.78 Å². The third-order valence-electron chi connectivity index (χ3n) is 5.48. The van der Waals surface area contributed by atoms with Gasteiger partial charge in [0, 0.05) is 12.6 Å². The zero-order valence-electron chi connectivity index (χ0n) is 15.7. The number of aromatic nitrogens is 3. The van der Waals surface area contributed by atoms with Crippen LogP contribution in [0.5, 0.6) is 0 Å². The summed E-state index contributed by atoms with van der Waals surface area (Å²) in [5.41, 5.74) is 1.78. The Morgan fingerprint density at radius 3 is 2.92 bits per heavy atom. The second kappa shape index (κ2) is 7.54. The lowest BCUT2D eigenvalue weighted by atomic mass is 9.75. The molecule has 1 unspecified atom stereocenters. The first-order chi connectivity index (χ1) is 12.0. The van der Waals surface area contributed by atoms with Crippen LogP contribution in [0.3, 0.4) is 0 Å². The standard InChI is InChI=1S/C20H29N3O2/c1-5-19-22-16-11-21-9-8-17(16)23(19)12-20(24)25-18-10-14(4)6-7-15(18)13(2)3/h8-9,11,13-15,18H,5-7,10,12H2,1-4H3/t14-,15+,18?/m1/s1. The number of carbonyl (C=O) groups is 1. The second-order valence-electron chi connectivity index (χ2n) is 7.69. The molecule has 0 aliphatic heterocycles. The SMILES string of the molecule is CCc1nc2cnccc2n1CC(=O)OC1C[C@H](C)CC[C@H]1C(C)C. The van der Waals surface area contributed by atoms with Gasteiger partial charge in [0.05, 0.1) is 11.7 Å². The Morgan fingerprint density at radius 1 is 1.40 bits per heavy atom. The van der Waals surface area contributed by atoms with Gasteiger partial charge in [-0.05, 0) is 36.7 Å². The Morgan fingerprint density at radius 2 is 2.20 bits per heavy atom. The van der Waals surface area contributed by atoms with Crippen molar-refractivity contribution >= 4 is 17.0 Å².